The van der Waals surface area contributed by atoms with Crippen molar-refractivity contribution in [3.63, 3.8) is 0 Å². The van der Waals surface area contributed by atoms with Gasteiger partial charge in [-0.25, -0.2) is 5.43 Å². The molecule has 0 saturated carbocycles. The van der Waals surface area contributed by atoms with Crippen molar-refractivity contribution < 1.29 is 4.42 Å². The second-order valence-corrected chi connectivity index (χ2v) is 5.50. The van der Waals surface area contributed by atoms with Gasteiger partial charge in [0.05, 0.1) is 6.04 Å². The molecular weight excluding hydrogens is 339 g/mol. The van der Waals surface area contributed by atoms with E-state index in [0.29, 0.717) is 22.4 Å². The van der Waals surface area contributed by atoms with Gasteiger partial charge < -0.3 is 4.42 Å². The Morgan fingerprint density at radius 2 is 2.06 bits per heavy atom. The van der Waals surface area contributed by atoms with Crippen molar-refractivity contribution >= 4 is 39.1 Å². The normalized spacial score (nSPS) is 12.7. The van der Waals surface area contributed by atoms with Gasteiger partial charge in [0.1, 0.15) is 5.76 Å². The Labute approximate surface area is 123 Å². The van der Waals surface area contributed by atoms with Crippen LogP contribution in [-0.2, 0) is 6.42 Å². The Morgan fingerprint density at radius 1 is 1.28 bits per heavy atom. The predicted octanol–water partition coefficient (Wildman–Crippen LogP) is 4.10. The maximum atomic E-state index is 6.17. The van der Waals surface area contributed by atoms with Crippen molar-refractivity contribution in [3.8, 4) is 0 Å². The summed E-state index contributed by atoms with van der Waals surface area (Å²) in [7, 11) is 0. The van der Waals surface area contributed by atoms with Crippen LogP contribution in [0.2, 0.25) is 10.2 Å². The highest BCUT2D eigenvalue weighted by Crippen LogP contribution is 2.27. The van der Waals surface area contributed by atoms with Gasteiger partial charge >= 0.3 is 0 Å². The number of nitrogens with one attached hydrogen (secondary N) is 1. The highest BCUT2D eigenvalue weighted by molar-refractivity contribution is 9.10. The lowest BCUT2D eigenvalue weighted by molar-refractivity contribution is 0.417. The van der Waals surface area contributed by atoms with E-state index in [1.807, 2.05) is 18.2 Å². The average molecular weight is 350 g/mol. The topological polar surface area (TPSA) is 51.2 Å². The standard InChI is InChI=1S/C12H11BrCl2N2O/c13-8-2-1-7(9(14)6-8)5-10(17-16)11-3-4-12(15)18-11/h1-4,6,10,17H,5,16H2. The summed E-state index contributed by atoms with van der Waals surface area (Å²) >= 11 is 15.3. The first-order valence-electron chi connectivity index (χ1n) is 5.25. The van der Waals surface area contributed by atoms with E-state index in [9.17, 15) is 0 Å². The minimum absolute atomic E-state index is 0.170. The van der Waals surface area contributed by atoms with Crippen LogP contribution in [0.4, 0.5) is 0 Å². The SMILES string of the molecule is NNC(Cc1ccc(Br)cc1Cl)c1ccc(Cl)o1. The van der Waals surface area contributed by atoms with E-state index in [0.717, 1.165) is 10.0 Å². The predicted molar refractivity (Wildman–Crippen MR) is 76.6 cm³/mol. The number of rotatable bonds is 4. The smallest absolute Gasteiger partial charge is 0.193 e. The van der Waals surface area contributed by atoms with Gasteiger partial charge in [-0.05, 0) is 47.9 Å². The van der Waals surface area contributed by atoms with Crippen LogP contribution in [0.5, 0.6) is 0 Å². The Balaban J connectivity index is 2.20. The summed E-state index contributed by atoms with van der Waals surface area (Å²) in [6.07, 6.45) is 0.618. The maximum Gasteiger partial charge on any atom is 0.193 e. The quantitative estimate of drug-likeness (QED) is 0.645. The molecule has 0 amide bonds. The van der Waals surface area contributed by atoms with Crippen molar-refractivity contribution in [2.24, 2.45) is 5.84 Å². The van der Waals surface area contributed by atoms with Crippen molar-refractivity contribution in [1.82, 2.24) is 5.43 Å². The fourth-order valence-corrected chi connectivity index (χ4v) is 2.57. The van der Waals surface area contributed by atoms with Gasteiger partial charge in [-0.1, -0.05) is 33.6 Å². The van der Waals surface area contributed by atoms with Crippen LogP contribution in [0, 0.1) is 0 Å². The van der Waals surface area contributed by atoms with Crippen molar-refractivity contribution in [3.05, 3.63) is 56.4 Å². The summed E-state index contributed by atoms with van der Waals surface area (Å²) in [4.78, 5) is 0. The molecule has 96 valence electrons. The first-order chi connectivity index (χ1) is 8.60. The number of hydrogen-bond acceptors (Lipinski definition) is 3. The lowest BCUT2D eigenvalue weighted by Gasteiger charge is -2.14. The average Bonchev–Trinajstić information content (AvgIpc) is 2.75. The molecule has 1 aromatic carbocycles. The zero-order valence-corrected chi connectivity index (χ0v) is 12.4. The highest BCUT2D eigenvalue weighted by Gasteiger charge is 2.16. The van der Waals surface area contributed by atoms with Crippen LogP contribution < -0.4 is 11.3 Å². The fourth-order valence-electron chi connectivity index (χ4n) is 1.66. The molecule has 1 atom stereocenters. The lowest BCUT2D eigenvalue weighted by Crippen LogP contribution is -2.29. The molecule has 0 aliphatic heterocycles. The molecule has 3 N–H and O–H groups in total. The summed E-state index contributed by atoms with van der Waals surface area (Å²) in [5.74, 6) is 6.22. The second kappa shape index (κ2) is 6.08. The molecule has 0 aliphatic carbocycles. The second-order valence-electron chi connectivity index (χ2n) is 3.80. The third-order valence-corrected chi connectivity index (χ3v) is 3.63. The summed E-state index contributed by atoms with van der Waals surface area (Å²) in [5.41, 5.74) is 3.68. The Bertz CT molecular complexity index is 545. The largest absolute Gasteiger partial charge is 0.448 e. The number of furan rings is 1. The molecule has 0 fully saturated rings. The molecular formula is C12H11BrCl2N2O. The van der Waals surface area contributed by atoms with Gasteiger partial charge in [-0.15, -0.1) is 0 Å². The van der Waals surface area contributed by atoms with E-state index < -0.39 is 0 Å². The Hall–Kier alpha value is -0.520. The van der Waals surface area contributed by atoms with Gasteiger partial charge in [0.2, 0.25) is 0 Å². The third-order valence-electron chi connectivity index (χ3n) is 2.58. The first kappa shape index (κ1) is 13.9. The molecule has 0 aliphatic rings. The maximum absolute atomic E-state index is 6.17. The monoisotopic (exact) mass is 348 g/mol. The van der Waals surface area contributed by atoms with Crippen molar-refractivity contribution in [1.29, 1.82) is 0 Å². The molecule has 3 nitrogen and oxygen atoms in total. The van der Waals surface area contributed by atoms with Gasteiger partial charge in [-0.3, -0.25) is 5.84 Å². The summed E-state index contributed by atoms with van der Waals surface area (Å²) < 4.78 is 6.28. The highest BCUT2D eigenvalue weighted by atomic mass is 79.9. The minimum atomic E-state index is -0.170. The zero-order valence-electron chi connectivity index (χ0n) is 9.29. The Morgan fingerprint density at radius 3 is 2.61 bits per heavy atom. The van der Waals surface area contributed by atoms with Crippen LogP contribution in [0.1, 0.15) is 17.4 Å². The minimum Gasteiger partial charge on any atom is -0.448 e. The molecule has 1 heterocycles. The third kappa shape index (κ3) is 3.28. The van der Waals surface area contributed by atoms with E-state index in [4.69, 9.17) is 33.5 Å². The summed E-state index contributed by atoms with van der Waals surface area (Å²) in [5, 5.41) is 1.02. The number of halogens is 3. The molecule has 2 aromatic rings. The molecule has 0 saturated heterocycles. The van der Waals surface area contributed by atoms with Crippen LogP contribution >= 0.6 is 39.1 Å². The molecule has 0 bridgehead atoms. The molecule has 2 rings (SSSR count). The zero-order chi connectivity index (χ0) is 13.1. The molecule has 0 radical (unpaired) electrons. The van der Waals surface area contributed by atoms with Crippen LogP contribution in [-0.4, -0.2) is 0 Å². The van der Waals surface area contributed by atoms with Gasteiger partial charge in [-0.2, -0.15) is 0 Å². The van der Waals surface area contributed by atoms with E-state index in [-0.39, 0.29) is 6.04 Å². The number of hydrazine groups is 1. The van der Waals surface area contributed by atoms with E-state index >= 15 is 0 Å². The number of hydrogen-bond donors (Lipinski definition) is 2. The van der Waals surface area contributed by atoms with Crippen molar-refractivity contribution in [2.75, 3.05) is 0 Å². The molecule has 18 heavy (non-hydrogen) atoms. The van der Waals surface area contributed by atoms with E-state index in [1.165, 1.54) is 0 Å². The van der Waals surface area contributed by atoms with Crippen LogP contribution in [0.25, 0.3) is 0 Å². The van der Waals surface area contributed by atoms with E-state index in [2.05, 4.69) is 21.4 Å². The molecule has 6 heteroatoms. The molecule has 0 spiro atoms. The lowest BCUT2D eigenvalue weighted by atomic mass is 10.0. The summed E-state index contributed by atoms with van der Waals surface area (Å²) in [6, 6.07) is 9.03. The molecule has 1 unspecified atom stereocenters. The number of nitrogens with two attached hydrogens (primary N) is 1. The van der Waals surface area contributed by atoms with Gasteiger partial charge in [0.25, 0.3) is 0 Å². The number of benzene rings is 1. The first-order valence-corrected chi connectivity index (χ1v) is 6.80. The van der Waals surface area contributed by atoms with Crippen molar-refractivity contribution in [2.45, 2.75) is 12.5 Å². The molecule has 1 aromatic heterocycles. The van der Waals surface area contributed by atoms with Crippen LogP contribution in [0.15, 0.2) is 39.2 Å². The van der Waals surface area contributed by atoms with Crippen LogP contribution in [0.3, 0.4) is 0 Å². The summed E-state index contributed by atoms with van der Waals surface area (Å²) in [6.45, 7) is 0. The van der Waals surface area contributed by atoms with Gasteiger partial charge in [0, 0.05) is 9.50 Å². The fraction of sp³-hybridized carbons (Fsp3) is 0.167. The van der Waals surface area contributed by atoms with Gasteiger partial charge in [0.15, 0.2) is 5.22 Å². The Kier molecular flexibility index (Phi) is 4.70. The van der Waals surface area contributed by atoms with E-state index in [1.54, 1.807) is 12.1 Å².